The number of rotatable bonds is 4. The van der Waals surface area contributed by atoms with Crippen LogP contribution in [0.4, 0.5) is 5.69 Å². The maximum atomic E-state index is 10.8. The van der Waals surface area contributed by atoms with E-state index in [-0.39, 0.29) is 16.0 Å². The van der Waals surface area contributed by atoms with E-state index in [1.807, 2.05) is 6.07 Å². The second-order valence-electron chi connectivity index (χ2n) is 4.86. The molecule has 0 atom stereocenters. The molecule has 0 bridgehead atoms. The van der Waals surface area contributed by atoms with Gasteiger partial charge in [-0.05, 0) is 30.9 Å². The third-order valence-electron chi connectivity index (χ3n) is 2.84. The van der Waals surface area contributed by atoms with Crippen LogP contribution in [0.3, 0.4) is 0 Å². The lowest BCUT2D eigenvalue weighted by Crippen LogP contribution is -2.26. The Morgan fingerprint density at radius 3 is 2.56 bits per heavy atom. The zero-order valence-electron chi connectivity index (χ0n) is 9.99. The van der Waals surface area contributed by atoms with E-state index in [9.17, 15) is 10.1 Å². The lowest BCUT2D eigenvalue weighted by Gasteiger charge is -2.23. The van der Waals surface area contributed by atoms with Crippen molar-refractivity contribution in [3.05, 3.63) is 39.4 Å². The Hall–Kier alpha value is -1.42. The fourth-order valence-electron chi connectivity index (χ4n) is 1.65. The van der Waals surface area contributed by atoms with Crippen molar-refractivity contribution in [3.8, 4) is 0 Å². The molecule has 16 heavy (non-hydrogen) atoms. The minimum Gasteiger partial charge on any atom is -0.330 e. The lowest BCUT2D eigenvalue weighted by molar-refractivity contribution is -0.385. The molecule has 0 saturated heterocycles. The van der Waals surface area contributed by atoms with Crippen LogP contribution in [0.15, 0.2) is 18.2 Å². The van der Waals surface area contributed by atoms with Crippen LogP contribution < -0.4 is 5.73 Å². The third-order valence-corrected chi connectivity index (χ3v) is 2.84. The van der Waals surface area contributed by atoms with Gasteiger partial charge in [0.2, 0.25) is 0 Å². The van der Waals surface area contributed by atoms with Crippen molar-refractivity contribution < 1.29 is 4.92 Å². The third kappa shape index (κ3) is 2.79. The van der Waals surface area contributed by atoms with Crippen molar-refractivity contribution in [1.82, 2.24) is 0 Å². The van der Waals surface area contributed by atoms with Crippen LogP contribution >= 0.6 is 0 Å². The molecule has 0 saturated carbocycles. The molecule has 1 aromatic rings. The molecule has 0 spiro atoms. The Kier molecular flexibility index (Phi) is 3.65. The molecule has 4 heteroatoms. The van der Waals surface area contributed by atoms with Gasteiger partial charge in [-0.1, -0.05) is 26.0 Å². The van der Waals surface area contributed by atoms with Crippen molar-refractivity contribution in [3.63, 3.8) is 0 Å². The van der Waals surface area contributed by atoms with Crippen LogP contribution in [0.5, 0.6) is 0 Å². The van der Waals surface area contributed by atoms with E-state index < -0.39 is 0 Å². The van der Waals surface area contributed by atoms with Gasteiger partial charge in [-0.15, -0.1) is 0 Å². The average molecular weight is 222 g/mol. The summed E-state index contributed by atoms with van der Waals surface area (Å²) < 4.78 is 0. The second-order valence-corrected chi connectivity index (χ2v) is 4.86. The van der Waals surface area contributed by atoms with Crippen LogP contribution in [0.1, 0.15) is 25.0 Å². The summed E-state index contributed by atoms with van der Waals surface area (Å²) >= 11 is 0. The summed E-state index contributed by atoms with van der Waals surface area (Å²) in [4.78, 5) is 10.5. The Morgan fingerprint density at radius 2 is 2.06 bits per heavy atom. The molecule has 88 valence electrons. The molecule has 1 aromatic carbocycles. The van der Waals surface area contributed by atoms with Crippen molar-refractivity contribution in [2.24, 2.45) is 11.1 Å². The van der Waals surface area contributed by atoms with Crippen LogP contribution in [-0.4, -0.2) is 11.5 Å². The smallest absolute Gasteiger partial charge is 0.272 e. The first kappa shape index (κ1) is 12.6. The predicted molar refractivity (Wildman–Crippen MR) is 64.4 cm³/mol. The molecular formula is C12H18N2O2. The fraction of sp³-hybridized carbons (Fsp3) is 0.500. The van der Waals surface area contributed by atoms with Gasteiger partial charge in [-0.25, -0.2) is 0 Å². The van der Waals surface area contributed by atoms with E-state index in [0.717, 1.165) is 17.5 Å². The van der Waals surface area contributed by atoms with Gasteiger partial charge in [0.1, 0.15) is 0 Å². The molecule has 0 aliphatic rings. The Balaban J connectivity index is 3.07. The molecular weight excluding hydrogens is 204 g/mol. The zero-order chi connectivity index (χ0) is 12.3. The van der Waals surface area contributed by atoms with E-state index in [0.29, 0.717) is 6.54 Å². The maximum Gasteiger partial charge on any atom is 0.272 e. The van der Waals surface area contributed by atoms with Crippen molar-refractivity contribution >= 4 is 5.69 Å². The molecule has 0 heterocycles. The van der Waals surface area contributed by atoms with Crippen LogP contribution in [0.25, 0.3) is 0 Å². The van der Waals surface area contributed by atoms with Crippen molar-refractivity contribution in [2.75, 3.05) is 6.54 Å². The maximum absolute atomic E-state index is 10.8. The van der Waals surface area contributed by atoms with Crippen molar-refractivity contribution in [2.45, 2.75) is 27.2 Å². The van der Waals surface area contributed by atoms with Crippen LogP contribution in [0, 0.1) is 22.5 Å². The summed E-state index contributed by atoms with van der Waals surface area (Å²) in [7, 11) is 0. The molecule has 0 amide bonds. The summed E-state index contributed by atoms with van der Waals surface area (Å²) in [6.45, 7) is 6.48. The summed E-state index contributed by atoms with van der Waals surface area (Å²) in [5, 5.41) is 10.8. The number of nitro benzene ring substituents is 1. The number of nitrogens with zero attached hydrogens (tertiary/aromatic N) is 1. The minimum atomic E-state index is -0.339. The van der Waals surface area contributed by atoms with Gasteiger partial charge >= 0.3 is 0 Å². The number of nitrogens with two attached hydrogens (primary N) is 1. The molecule has 0 aliphatic heterocycles. The fourth-order valence-corrected chi connectivity index (χ4v) is 1.65. The number of hydrogen-bond acceptors (Lipinski definition) is 3. The molecule has 0 aliphatic carbocycles. The topological polar surface area (TPSA) is 69.2 Å². The summed E-state index contributed by atoms with van der Waals surface area (Å²) in [5.41, 5.74) is 7.57. The quantitative estimate of drug-likeness (QED) is 0.628. The molecule has 0 aromatic heterocycles. The van der Waals surface area contributed by atoms with E-state index >= 15 is 0 Å². The Morgan fingerprint density at radius 1 is 1.44 bits per heavy atom. The summed E-state index contributed by atoms with van der Waals surface area (Å²) in [6.07, 6.45) is 0.761. The number of hydrogen-bond donors (Lipinski definition) is 1. The first-order valence-corrected chi connectivity index (χ1v) is 5.30. The largest absolute Gasteiger partial charge is 0.330 e. The Labute approximate surface area is 95.6 Å². The molecule has 4 nitrogen and oxygen atoms in total. The first-order valence-electron chi connectivity index (χ1n) is 5.30. The van der Waals surface area contributed by atoms with Gasteiger partial charge < -0.3 is 5.73 Å². The summed E-state index contributed by atoms with van der Waals surface area (Å²) in [6, 6.07) is 5.20. The normalized spacial score (nSPS) is 11.5. The van der Waals surface area contributed by atoms with E-state index in [2.05, 4.69) is 13.8 Å². The highest BCUT2D eigenvalue weighted by Gasteiger charge is 2.20. The Bertz CT molecular complexity index is 400. The van der Waals surface area contributed by atoms with Gasteiger partial charge in [0.25, 0.3) is 5.69 Å². The molecule has 0 radical (unpaired) electrons. The highest BCUT2D eigenvalue weighted by Crippen LogP contribution is 2.27. The van der Waals surface area contributed by atoms with E-state index in [4.69, 9.17) is 5.73 Å². The van der Waals surface area contributed by atoms with Gasteiger partial charge in [-0.3, -0.25) is 10.1 Å². The highest BCUT2D eigenvalue weighted by atomic mass is 16.6. The predicted octanol–water partition coefficient (Wildman–Crippen LogP) is 2.43. The van der Waals surface area contributed by atoms with Gasteiger partial charge in [-0.2, -0.15) is 0 Å². The minimum absolute atomic E-state index is 0.0278. The van der Waals surface area contributed by atoms with E-state index in [1.165, 1.54) is 6.07 Å². The highest BCUT2D eigenvalue weighted by molar-refractivity contribution is 5.44. The van der Waals surface area contributed by atoms with Crippen molar-refractivity contribution in [1.29, 1.82) is 0 Å². The monoisotopic (exact) mass is 222 g/mol. The van der Waals surface area contributed by atoms with E-state index in [1.54, 1.807) is 13.0 Å². The zero-order valence-corrected chi connectivity index (χ0v) is 9.99. The van der Waals surface area contributed by atoms with Crippen LogP contribution in [0.2, 0.25) is 0 Å². The van der Waals surface area contributed by atoms with Gasteiger partial charge in [0, 0.05) is 11.6 Å². The molecule has 0 unspecified atom stereocenters. The second kappa shape index (κ2) is 4.61. The van der Waals surface area contributed by atoms with Crippen LogP contribution in [-0.2, 0) is 6.42 Å². The molecule has 2 N–H and O–H groups in total. The first-order chi connectivity index (χ1) is 7.37. The average Bonchev–Trinajstić information content (AvgIpc) is 2.20. The lowest BCUT2D eigenvalue weighted by atomic mass is 9.84. The standard InChI is InChI=1S/C12H18N2O2/c1-9-10(7-12(2,3)8-13)5-4-6-11(9)14(15)16/h4-6H,7-8,13H2,1-3H3. The molecule has 0 fully saturated rings. The van der Waals surface area contributed by atoms with Gasteiger partial charge in [0.05, 0.1) is 4.92 Å². The summed E-state index contributed by atoms with van der Waals surface area (Å²) in [5.74, 6) is 0. The number of benzene rings is 1. The molecule has 1 rings (SSSR count). The van der Waals surface area contributed by atoms with Gasteiger partial charge in [0.15, 0.2) is 0 Å². The number of nitro groups is 1. The SMILES string of the molecule is Cc1c(CC(C)(C)CN)cccc1[N+](=O)[O-].